The maximum Gasteiger partial charge on any atom is 0.254 e. The van der Waals surface area contributed by atoms with E-state index in [9.17, 15) is 9.18 Å². The molecule has 0 saturated carbocycles. The molecule has 1 aliphatic rings. The molecule has 1 atom stereocenters. The third-order valence-corrected chi connectivity index (χ3v) is 3.65. The van der Waals surface area contributed by atoms with Gasteiger partial charge in [-0.25, -0.2) is 4.39 Å². The molecule has 1 heterocycles. The Morgan fingerprint density at radius 1 is 1.44 bits per heavy atom. The van der Waals surface area contributed by atoms with Gasteiger partial charge in [-0.1, -0.05) is 15.9 Å². The van der Waals surface area contributed by atoms with Gasteiger partial charge in [-0.3, -0.25) is 4.79 Å². The van der Waals surface area contributed by atoms with E-state index >= 15 is 0 Å². The van der Waals surface area contributed by atoms with Crippen LogP contribution in [0.2, 0.25) is 0 Å². The van der Waals surface area contributed by atoms with Crippen molar-refractivity contribution in [2.45, 2.75) is 18.9 Å². The highest BCUT2D eigenvalue weighted by molar-refractivity contribution is 9.09. The van der Waals surface area contributed by atoms with Crippen LogP contribution >= 0.6 is 15.9 Å². The first kappa shape index (κ1) is 11.6. The monoisotopic (exact) mass is 285 g/mol. The van der Waals surface area contributed by atoms with Crippen LogP contribution in [0.25, 0.3) is 0 Å². The van der Waals surface area contributed by atoms with Crippen LogP contribution in [0.15, 0.2) is 24.3 Å². The summed E-state index contributed by atoms with van der Waals surface area (Å²) in [5, 5.41) is 0.805. The van der Waals surface area contributed by atoms with Gasteiger partial charge in [0.05, 0.1) is 0 Å². The Labute approximate surface area is 103 Å². The van der Waals surface area contributed by atoms with E-state index in [1.54, 1.807) is 12.1 Å². The van der Waals surface area contributed by atoms with Crippen LogP contribution in [0.4, 0.5) is 4.39 Å². The summed E-state index contributed by atoms with van der Waals surface area (Å²) < 4.78 is 12.7. The molecule has 2 nitrogen and oxygen atoms in total. The van der Waals surface area contributed by atoms with E-state index in [2.05, 4.69) is 15.9 Å². The number of carbonyl (C=O) groups is 1. The van der Waals surface area contributed by atoms with Crippen LogP contribution in [0.3, 0.4) is 0 Å². The molecule has 2 rings (SSSR count). The summed E-state index contributed by atoms with van der Waals surface area (Å²) in [4.78, 5) is 14.0. The average Bonchev–Trinajstić information content (AvgIpc) is 2.77. The molecule has 1 aromatic carbocycles. The number of nitrogens with zero attached hydrogens (tertiary/aromatic N) is 1. The van der Waals surface area contributed by atoms with E-state index < -0.39 is 0 Å². The molecule has 1 fully saturated rings. The van der Waals surface area contributed by atoms with E-state index in [1.807, 2.05) is 4.90 Å². The Morgan fingerprint density at radius 3 is 2.75 bits per heavy atom. The SMILES string of the molecule is O=C(c1ccc(F)cc1)N1CCCC1CBr. The van der Waals surface area contributed by atoms with Gasteiger partial charge in [0.1, 0.15) is 5.82 Å². The number of likely N-dealkylation sites (tertiary alicyclic amines) is 1. The molecule has 1 aliphatic heterocycles. The van der Waals surface area contributed by atoms with Gasteiger partial charge in [-0.15, -0.1) is 0 Å². The molecule has 0 N–H and O–H groups in total. The van der Waals surface area contributed by atoms with Crippen molar-refractivity contribution in [1.82, 2.24) is 4.90 Å². The van der Waals surface area contributed by atoms with Gasteiger partial charge in [0.15, 0.2) is 0 Å². The summed E-state index contributed by atoms with van der Waals surface area (Å²) in [6.45, 7) is 0.798. The maximum absolute atomic E-state index is 12.7. The Hall–Kier alpha value is -0.900. The highest BCUT2D eigenvalue weighted by Crippen LogP contribution is 2.21. The number of rotatable bonds is 2. The van der Waals surface area contributed by atoms with Crippen molar-refractivity contribution in [3.63, 3.8) is 0 Å². The van der Waals surface area contributed by atoms with E-state index in [0.29, 0.717) is 5.56 Å². The molecule has 0 spiro atoms. The second-order valence-corrected chi connectivity index (χ2v) is 4.60. The normalized spacial score (nSPS) is 20.1. The third-order valence-electron chi connectivity index (χ3n) is 2.91. The van der Waals surface area contributed by atoms with Crippen molar-refractivity contribution >= 4 is 21.8 Å². The predicted molar refractivity (Wildman–Crippen MR) is 64.3 cm³/mol. The van der Waals surface area contributed by atoms with E-state index in [1.165, 1.54) is 12.1 Å². The van der Waals surface area contributed by atoms with E-state index in [-0.39, 0.29) is 17.8 Å². The zero-order chi connectivity index (χ0) is 11.5. The Balaban J connectivity index is 2.15. The highest BCUT2D eigenvalue weighted by Gasteiger charge is 2.28. The fourth-order valence-corrected chi connectivity index (χ4v) is 2.70. The number of amides is 1. The number of alkyl halides is 1. The van der Waals surface area contributed by atoms with Gasteiger partial charge in [0, 0.05) is 23.5 Å². The van der Waals surface area contributed by atoms with E-state index in [0.717, 1.165) is 24.7 Å². The Bertz CT molecular complexity index is 379. The highest BCUT2D eigenvalue weighted by atomic mass is 79.9. The number of benzene rings is 1. The molecule has 1 unspecified atom stereocenters. The fraction of sp³-hybridized carbons (Fsp3) is 0.417. The van der Waals surface area contributed by atoms with Crippen LogP contribution in [0, 0.1) is 5.82 Å². The minimum absolute atomic E-state index is 0.00181. The number of hydrogen-bond acceptors (Lipinski definition) is 1. The molecule has 1 saturated heterocycles. The fourth-order valence-electron chi connectivity index (χ4n) is 2.02. The molecular formula is C12H13BrFNO. The summed E-state index contributed by atoms with van der Waals surface area (Å²) in [6.07, 6.45) is 2.08. The number of carbonyl (C=O) groups excluding carboxylic acids is 1. The zero-order valence-corrected chi connectivity index (χ0v) is 10.4. The Kier molecular flexibility index (Phi) is 3.59. The lowest BCUT2D eigenvalue weighted by Crippen LogP contribution is -2.36. The van der Waals surface area contributed by atoms with Gasteiger partial charge < -0.3 is 4.90 Å². The van der Waals surface area contributed by atoms with Crippen LogP contribution in [0.1, 0.15) is 23.2 Å². The van der Waals surface area contributed by atoms with Crippen molar-refractivity contribution in [2.75, 3.05) is 11.9 Å². The van der Waals surface area contributed by atoms with Crippen molar-refractivity contribution in [3.8, 4) is 0 Å². The van der Waals surface area contributed by atoms with Gasteiger partial charge >= 0.3 is 0 Å². The number of hydrogen-bond donors (Lipinski definition) is 0. The Morgan fingerprint density at radius 2 is 2.12 bits per heavy atom. The smallest absolute Gasteiger partial charge is 0.254 e. The summed E-state index contributed by atoms with van der Waals surface area (Å²) in [6, 6.07) is 6.01. The standard InChI is InChI=1S/C12H13BrFNO/c13-8-11-2-1-7-15(11)12(16)9-3-5-10(14)6-4-9/h3-6,11H,1-2,7-8H2. The minimum atomic E-state index is -0.310. The molecule has 0 aromatic heterocycles. The summed E-state index contributed by atoms with van der Waals surface area (Å²) in [5.74, 6) is -0.308. The lowest BCUT2D eigenvalue weighted by molar-refractivity contribution is 0.0750. The molecule has 0 radical (unpaired) electrons. The second kappa shape index (κ2) is 4.95. The first-order valence-electron chi connectivity index (χ1n) is 5.35. The largest absolute Gasteiger partial charge is 0.335 e. The van der Waals surface area contributed by atoms with Crippen molar-refractivity contribution in [2.24, 2.45) is 0 Å². The van der Waals surface area contributed by atoms with Gasteiger partial charge in [0.2, 0.25) is 0 Å². The maximum atomic E-state index is 12.7. The van der Waals surface area contributed by atoms with Crippen molar-refractivity contribution in [3.05, 3.63) is 35.6 Å². The first-order chi connectivity index (χ1) is 7.72. The lowest BCUT2D eigenvalue weighted by atomic mass is 10.2. The molecule has 1 amide bonds. The summed E-state index contributed by atoms with van der Waals surface area (Å²) in [5.41, 5.74) is 0.564. The quantitative estimate of drug-likeness (QED) is 0.766. The summed E-state index contributed by atoms with van der Waals surface area (Å²) in [7, 11) is 0. The van der Waals surface area contributed by atoms with E-state index in [4.69, 9.17) is 0 Å². The average molecular weight is 286 g/mol. The van der Waals surface area contributed by atoms with Crippen molar-refractivity contribution in [1.29, 1.82) is 0 Å². The third kappa shape index (κ3) is 2.26. The minimum Gasteiger partial charge on any atom is -0.335 e. The number of halogens is 2. The van der Waals surface area contributed by atoms with Crippen LogP contribution in [-0.4, -0.2) is 28.7 Å². The zero-order valence-electron chi connectivity index (χ0n) is 8.83. The van der Waals surface area contributed by atoms with Crippen molar-refractivity contribution < 1.29 is 9.18 Å². The van der Waals surface area contributed by atoms with Crippen LogP contribution in [-0.2, 0) is 0 Å². The lowest BCUT2D eigenvalue weighted by Gasteiger charge is -2.23. The molecule has 4 heteroatoms. The van der Waals surface area contributed by atoms with Gasteiger partial charge in [-0.2, -0.15) is 0 Å². The molecule has 0 bridgehead atoms. The van der Waals surface area contributed by atoms with Crippen LogP contribution < -0.4 is 0 Å². The second-order valence-electron chi connectivity index (χ2n) is 3.96. The van der Waals surface area contributed by atoms with Gasteiger partial charge in [0.25, 0.3) is 5.91 Å². The topological polar surface area (TPSA) is 20.3 Å². The predicted octanol–water partition coefficient (Wildman–Crippen LogP) is 2.83. The molecule has 1 aromatic rings. The molecule has 16 heavy (non-hydrogen) atoms. The summed E-state index contributed by atoms with van der Waals surface area (Å²) >= 11 is 3.42. The van der Waals surface area contributed by atoms with Crippen LogP contribution in [0.5, 0.6) is 0 Å². The first-order valence-corrected chi connectivity index (χ1v) is 6.47. The molecule has 0 aliphatic carbocycles. The van der Waals surface area contributed by atoms with Gasteiger partial charge in [-0.05, 0) is 37.1 Å². The molecular weight excluding hydrogens is 273 g/mol. The molecule has 86 valence electrons.